The van der Waals surface area contributed by atoms with Crippen LogP contribution >= 0.6 is 0 Å². The van der Waals surface area contributed by atoms with Gasteiger partial charge in [0.2, 0.25) is 0 Å². The van der Waals surface area contributed by atoms with Crippen molar-refractivity contribution in [2.24, 2.45) is 5.73 Å². The molecule has 118 valence electrons. The van der Waals surface area contributed by atoms with Crippen molar-refractivity contribution in [3.05, 3.63) is 16.8 Å². The molecule has 21 heavy (non-hydrogen) atoms. The van der Waals surface area contributed by atoms with Gasteiger partial charge in [0.25, 0.3) is 0 Å². The number of aryl methyl sites for hydroxylation is 1. The van der Waals surface area contributed by atoms with Crippen molar-refractivity contribution in [2.75, 3.05) is 18.1 Å². The van der Waals surface area contributed by atoms with E-state index in [1.54, 1.807) is 0 Å². The second-order valence-electron chi connectivity index (χ2n) is 5.69. The minimum atomic E-state index is 0.138. The summed E-state index contributed by atoms with van der Waals surface area (Å²) >= 11 is 0. The summed E-state index contributed by atoms with van der Waals surface area (Å²) < 4.78 is 0. The Hall–Kier alpha value is -1.20. The van der Waals surface area contributed by atoms with E-state index >= 15 is 0 Å². The van der Waals surface area contributed by atoms with Crippen LogP contribution in [-0.2, 0) is 19.4 Å². The van der Waals surface area contributed by atoms with Gasteiger partial charge in [-0.15, -0.1) is 5.10 Å². The number of anilines is 1. The third-order valence-electron chi connectivity index (χ3n) is 4.52. The highest BCUT2D eigenvalue weighted by Crippen LogP contribution is 2.30. The topological polar surface area (TPSA) is 75.3 Å². The van der Waals surface area contributed by atoms with Crippen LogP contribution in [0.4, 0.5) is 5.82 Å². The molecule has 0 saturated heterocycles. The summed E-state index contributed by atoms with van der Waals surface area (Å²) in [6.07, 6.45) is 6.66. The third kappa shape index (κ3) is 3.35. The van der Waals surface area contributed by atoms with Gasteiger partial charge in [-0.3, -0.25) is 0 Å². The first kappa shape index (κ1) is 16.2. The van der Waals surface area contributed by atoms with Crippen molar-refractivity contribution in [3.63, 3.8) is 0 Å². The van der Waals surface area contributed by atoms with Gasteiger partial charge >= 0.3 is 0 Å². The summed E-state index contributed by atoms with van der Waals surface area (Å²) in [6.45, 7) is 5.48. The number of aromatic nitrogens is 2. The average molecular weight is 292 g/mol. The molecule has 1 aromatic rings. The van der Waals surface area contributed by atoms with Crippen molar-refractivity contribution < 1.29 is 5.11 Å². The minimum Gasteiger partial charge on any atom is -0.395 e. The molecular weight excluding hydrogens is 264 g/mol. The summed E-state index contributed by atoms with van der Waals surface area (Å²) in [5, 5.41) is 18.3. The normalized spacial score (nSPS) is 15.6. The van der Waals surface area contributed by atoms with Crippen molar-refractivity contribution in [1.82, 2.24) is 10.2 Å². The van der Waals surface area contributed by atoms with Crippen molar-refractivity contribution >= 4 is 5.82 Å². The average Bonchev–Trinajstić information content (AvgIpc) is 3.05. The molecule has 5 nitrogen and oxygen atoms in total. The van der Waals surface area contributed by atoms with Crippen LogP contribution in [0.1, 0.15) is 56.4 Å². The number of aliphatic hydroxyl groups is 1. The Kier molecular flexibility index (Phi) is 5.94. The predicted molar refractivity (Wildman–Crippen MR) is 85.4 cm³/mol. The first-order valence-electron chi connectivity index (χ1n) is 8.21. The number of hydrogen-bond donors (Lipinski definition) is 2. The van der Waals surface area contributed by atoms with Gasteiger partial charge in [-0.25, -0.2) is 0 Å². The molecule has 2 rings (SSSR count). The molecule has 1 aliphatic rings. The quantitative estimate of drug-likeness (QED) is 0.801. The van der Waals surface area contributed by atoms with Crippen LogP contribution in [0.3, 0.4) is 0 Å². The zero-order chi connectivity index (χ0) is 15.2. The van der Waals surface area contributed by atoms with Crippen LogP contribution in [0.2, 0.25) is 0 Å². The van der Waals surface area contributed by atoms with Crippen LogP contribution in [0.25, 0.3) is 0 Å². The molecule has 5 heteroatoms. The summed E-state index contributed by atoms with van der Waals surface area (Å²) in [4.78, 5) is 2.24. The van der Waals surface area contributed by atoms with Gasteiger partial charge in [0.1, 0.15) is 0 Å². The molecule has 0 amide bonds. The summed E-state index contributed by atoms with van der Waals surface area (Å²) in [5.41, 5.74) is 9.44. The van der Waals surface area contributed by atoms with E-state index in [1.165, 1.54) is 31.2 Å². The Morgan fingerprint density at radius 3 is 2.38 bits per heavy atom. The van der Waals surface area contributed by atoms with Crippen LogP contribution in [-0.4, -0.2) is 34.5 Å². The van der Waals surface area contributed by atoms with E-state index in [0.717, 1.165) is 29.9 Å². The Bertz CT molecular complexity index is 458. The molecule has 1 saturated carbocycles. The fourth-order valence-electron chi connectivity index (χ4n) is 3.47. The summed E-state index contributed by atoms with van der Waals surface area (Å²) in [7, 11) is 0. The van der Waals surface area contributed by atoms with E-state index in [9.17, 15) is 5.11 Å². The molecule has 1 heterocycles. The smallest absolute Gasteiger partial charge is 0.156 e. The van der Waals surface area contributed by atoms with Crippen LogP contribution in [0, 0.1) is 0 Å². The lowest BCUT2D eigenvalue weighted by molar-refractivity contribution is 0.296. The Morgan fingerprint density at radius 2 is 1.86 bits per heavy atom. The maximum absolute atomic E-state index is 9.43. The Balaban J connectivity index is 2.43. The second kappa shape index (κ2) is 7.71. The molecule has 0 radical (unpaired) electrons. The molecule has 0 bridgehead atoms. The fraction of sp³-hybridized carbons (Fsp3) is 0.750. The number of hydrogen-bond acceptors (Lipinski definition) is 5. The highest BCUT2D eigenvalue weighted by Gasteiger charge is 2.26. The van der Waals surface area contributed by atoms with E-state index in [4.69, 9.17) is 5.73 Å². The highest BCUT2D eigenvalue weighted by atomic mass is 16.3. The molecule has 0 atom stereocenters. The zero-order valence-corrected chi connectivity index (χ0v) is 13.3. The van der Waals surface area contributed by atoms with Crippen molar-refractivity contribution in [3.8, 4) is 0 Å². The molecule has 0 spiro atoms. The van der Waals surface area contributed by atoms with Gasteiger partial charge in [0.15, 0.2) is 5.82 Å². The van der Waals surface area contributed by atoms with Gasteiger partial charge in [-0.1, -0.05) is 26.7 Å². The van der Waals surface area contributed by atoms with E-state index in [2.05, 4.69) is 28.9 Å². The fourth-order valence-corrected chi connectivity index (χ4v) is 3.47. The second-order valence-corrected chi connectivity index (χ2v) is 5.69. The monoisotopic (exact) mass is 292 g/mol. The third-order valence-corrected chi connectivity index (χ3v) is 4.52. The van der Waals surface area contributed by atoms with Crippen LogP contribution < -0.4 is 10.6 Å². The molecule has 0 aromatic carbocycles. The number of nitrogens with two attached hydrogens (primary N) is 1. The van der Waals surface area contributed by atoms with Crippen LogP contribution in [0.5, 0.6) is 0 Å². The molecular formula is C16H28N4O. The van der Waals surface area contributed by atoms with E-state index in [0.29, 0.717) is 19.1 Å². The van der Waals surface area contributed by atoms with Gasteiger partial charge in [-0.2, -0.15) is 5.10 Å². The lowest BCUT2D eigenvalue weighted by Gasteiger charge is -2.31. The Labute approximate surface area is 127 Å². The molecule has 1 fully saturated rings. The number of nitrogens with zero attached hydrogens (tertiary/aromatic N) is 3. The van der Waals surface area contributed by atoms with E-state index < -0.39 is 0 Å². The van der Waals surface area contributed by atoms with Gasteiger partial charge in [-0.05, 0) is 31.2 Å². The first-order chi connectivity index (χ1) is 10.3. The van der Waals surface area contributed by atoms with Gasteiger partial charge < -0.3 is 15.7 Å². The van der Waals surface area contributed by atoms with Crippen molar-refractivity contribution in [2.45, 2.75) is 65.0 Å². The van der Waals surface area contributed by atoms with Gasteiger partial charge in [0, 0.05) is 24.7 Å². The molecule has 1 aromatic heterocycles. The predicted octanol–water partition coefficient (Wildman–Crippen LogP) is 1.80. The lowest BCUT2D eigenvalue weighted by atomic mass is 10.0. The summed E-state index contributed by atoms with van der Waals surface area (Å²) in [6, 6.07) is 0.467. The van der Waals surface area contributed by atoms with E-state index in [-0.39, 0.29) is 6.61 Å². The lowest BCUT2D eigenvalue weighted by Crippen LogP contribution is -2.38. The van der Waals surface area contributed by atoms with Crippen LogP contribution in [0.15, 0.2) is 0 Å². The minimum absolute atomic E-state index is 0.138. The molecule has 0 unspecified atom stereocenters. The highest BCUT2D eigenvalue weighted by molar-refractivity contribution is 5.52. The molecule has 3 N–H and O–H groups in total. The molecule has 1 aliphatic carbocycles. The SMILES string of the molecule is CCc1nnc(N(CCO)C2CCCC2)c(CN)c1CC. The largest absolute Gasteiger partial charge is 0.395 e. The van der Waals surface area contributed by atoms with Crippen molar-refractivity contribution in [1.29, 1.82) is 0 Å². The zero-order valence-electron chi connectivity index (χ0n) is 13.3. The Morgan fingerprint density at radius 1 is 1.14 bits per heavy atom. The maximum Gasteiger partial charge on any atom is 0.156 e. The number of rotatable bonds is 7. The molecule has 0 aliphatic heterocycles. The number of aliphatic hydroxyl groups excluding tert-OH is 1. The van der Waals surface area contributed by atoms with E-state index in [1.807, 2.05) is 0 Å². The first-order valence-corrected chi connectivity index (χ1v) is 8.21. The maximum atomic E-state index is 9.43. The van der Waals surface area contributed by atoms with Gasteiger partial charge in [0.05, 0.1) is 12.3 Å². The standard InChI is InChI=1S/C16H28N4O/c1-3-13-14(11-17)16(19-18-15(13)4-2)20(9-10-21)12-7-5-6-8-12/h12,21H,3-11,17H2,1-2H3. The summed E-state index contributed by atoms with van der Waals surface area (Å²) in [5.74, 6) is 0.896.